The van der Waals surface area contributed by atoms with E-state index in [9.17, 15) is 0 Å². The van der Waals surface area contributed by atoms with E-state index in [1.165, 1.54) is 23.2 Å². The zero-order valence-electron chi connectivity index (χ0n) is 15.7. The minimum absolute atomic E-state index is 0. The number of hydrogen-bond donors (Lipinski definition) is 3. The van der Waals surface area contributed by atoms with Crippen LogP contribution in [-0.4, -0.2) is 24.3 Å². The Morgan fingerprint density at radius 2 is 1.59 bits per heavy atom. The van der Waals surface area contributed by atoms with Crippen molar-refractivity contribution in [1.29, 1.82) is 10.8 Å². The third kappa shape index (κ3) is 5.19. The van der Waals surface area contributed by atoms with Crippen molar-refractivity contribution in [2.75, 3.05) is 11.9 Å². The van der Waals surface area contributed by atoms with Crippen LogP contribution in [0.4, 0.5) is 5.69 Å². The van der Waals surface area contributed by atoms with Crippen LogP contribution in [0.1, 0.15) is 25.0 Å². The van der Waals surface area contributed by atoms with Crippen molar-refractivity contribution in [3.8, 4) is 0 Å². The molecule has 0 saturated heterocycles. The van der Waals surface area contributed by atoms with Gasteiger partial charge in [-0.05, 0) is 35.9 Å². The molecule has 0 bridgehead atoms. The number of aliphatic hydroxyl groups is 1. The number of nitrogens with one attached hydrogen (secondary N) is 2. The minimum Gasteiger partial charge on any atom is -0.493 e. The number of likely N-dealkylation sites (N-methyl/N-ethyl adjacent to an activating group) is 1. The zero-order valence-corrected chi connectivity index (χ0v) is 16.6. The van der Waals surface area contributed by atoms with Crippen molar-refractivity contribution in [3.63, 3.8) is 0 Å². The summed E-state index contributed by atoms with van der Waals surface area (Å²) in [6.45, 7) is 4.47. The largest absolute Gasteiger partial charge is 0.493 e. The number of para-hydroxylation sites is 1. The molecule has 1 radical (unpaired) electrons. The number of fused-ring (bicyclic) bond motifs is 1. The Morgan fingerprint density at radius 3 is 2.11 bits per heavy atom. The van der Waals surface area contributed by atoms with Crippen LogP contribution in [0.5, 0.6) is 0 Å². The second kappa shape index (κ2) is 9.91. The van der Waals surface area contributed by atoms with Crippen molar-refractivity contribution in [2.24, 2.45) is 0 Å². The van der Waals surface area contributed by atoms with Crippen molar-refractivity contribution < 1.29 is 22.2 Å². The molecule has 5 heteroatoms. The van der Waals surface area contributed by atoms with E-state index >= 15 is 0 Å². The summed E-state index contributed by atoms with van der Waals surface area (Å²) in [6.07, 6.45) is 7.05. The van der Waals surface area contributed by atoms with Gasteiger partial charge in [-0.15, -0.1) is 0 Å². The van der Waals surface area contributed by atoms with Gasteiger partial charge in [0, 0.05) is 52.7 Å². The molecule has 0 amide bonds. The maximum absolute atomic E-state index is 8.61. The van der Waals surface area contributed by atoms with Crippen LogP contribution in [0, 0.1) is 10.8 Å². The molecule has 0 aliphatic carbocycles. The van der Waals surface area contributed by atoms with E-state index in [1.807, 2.05) is 12.1 Å². The van der Waals surface area contributed by atoms with E-state index in [0.29, 0.717) is 5.56 Å². The molecule has 2 aromatic carbocycles. The summed E-state index contributed by atoms with van der Waals surface area (Å²) < 4.78 is 0. The van der Waals surface area contributed by atoms with Crippen LogP contribution in [0.2, 0.25) is 0 Å². The van der Waals surface area contributed by atoms with Gasteiger partial charge in [-0.25, -0.2) is 0 Å². The van der Waals surface area contributed by atoms with Crippen LogP contribution < -0.4 is 4.90 Å². The molecule has 3 rings (SSSR count). The number of anilines is 1. The summed E-state index contributed by atoms with van der Waals surface area (Å²) >= 11 is 0. The Labute approximate surface area is 171 Å². The normalized spacial score (nSPS) is 15.5. The van der Waals surface area contributed by atoms with Crippen LogP contribution in [-0.2, 0) is 22.5 Å². The molecule has 0 unspecified atom stereocenters. The van der Waals surface area contributed by atoms with Gasteiger partial charge in [0.2, 0.25) is 5.90 Å². The van der Waals surface area contributed by atoms with Crippen molar-refractivity contribution in [3.05, 3.63) is 89.6 Å². The Hall–Kier alpha value is -2.62. The fourth-order valence-corrected chi connectivity index (χ4v) is 3.10. The molecule has 3 N–H and O–H groups in total. The quantitative estimate of drug-likeness (QED) is 0.375. The summed E-state index contributed by atoms with van der Waals surface area (Å²) in [5.41, 5.74) is 4.47. The smallest absolute Gasteiger partial charge is 0.210 e. The molecule has 2 aromatic rings. The number of hydrogen-bond acceptors (Lipinski definition) is 3. The SMILES string of the molecule is CN1/C(=C\C=C\C=N)C(C)(C)c2ccccc21.N=C(O)c1ccccc1.[Cu]. The van der Waals surface area contributed by atoms with Gasteiger partial charge in [-0.2, -0.15) is 0 Å². The minimum atomic E-state index is -0.379. The maximum Gasteiger partial charge on any atom is 0.210 e. The van der Waals surface area contributed by atoms with Gasteiger partial charge in [-0.1, -0.05) is 56.3 Å². The maximum atomic E-state index is 8.61. The molecule has 0 aromatic heterocycles. The van der Waals surface area contributed by atoms with Crippen molar-refractivity contribution in [1.82, 2.24) is 0 Å². The van der Waals surface area contributed by atoms with Gasteiger partial charge in [0.1, 0.15) is 0 Å². The molecule has 4 nitrogen and oxygen atoms in total. The van der Waals surface area contributed by atoms with Gasteiger partial charge in [0.25, 0.3) is 0 Å². The third-order valence-electron chi connectivity index (χ3n) is 4.45. The first-order chi connectivity index (χ1) is 12.4. The van der Waals surface area contributed by atoms with Gasteiger partial charge in [0.05, 0.1) is 0 Å². The summed E-state index contributed by atoms with van der Waals surface area (Å²) in [5, 5.41) is 22.4. The van der Waals surface area contributed by atoms with Gasteiger partial charge in [-0.3, -0.25) is 5.41 Å². The summed E-state index contributed by atoms with van der Waals surface area (Å²) in [6, 6.07) is 17.3. The first-order valence-electron chi connectivity index (χ1n) is 8.43. The van der Waals surface area contributed by atoms with Gasteiger partial charge >= 0.3 is 0 Å². The molecule has 0 saturated carbocycles. The topological polar surface area (TPSA) is 71.2 Å². The molecule has 1 aliphatic heterocycles. The average molecular weight is 411 g/mol. The molecular formula is C22H25CuN3O. The van der Waals surface area contributed by atoms with E-state index < -0.39 is 0 Å². The molecule has 0 fully saturated rings. The van der Waals surface area contributed by atoms with Crippen molar-refractivity contribution in [2.45, 2.75) is 19.3 Å². The van der Waals surface area contributed by atoms with Crippen LogP contribution in [0.25, 0.3) is 0 Å². The summed E-state index contributed by atoms with van der Waals surface area (Å²) in [5.74, 6) is -0.379. The third-order valence-corrected chi connectivity index (χ3v) is 4.45. The second-order valence-electron chi connectivity index (χ2n) is 6.52. The fraction of sp³-hybridized carbons (Fsp3) is 0.182. The second-order valence-corrected chi connectivity index (χ2v) is 6.52. The Morgan fingerprint density at radius 1 is 1.00 bits per heavy atom. The van der Waals surface area contributed by atoms with Crippen LogP contribution >= 0.6 is 0 Å². The zero-order chi connectivity index (χ0) is 19.2. The van der Waals surface area contributed by atoms with E-state index in [0.717, 1.165) is 0 Å². The number of benzene rings is 2. The molecule has 27 heavy (non-hydrogen) atoms. The summed E-state index contributed by atoms with van der Waals surface area (Å²) in [4.78, 5) is 2.23. The number of aliphatic hydroxyl groups excluding tert-OH is 1. The van der Waals surface area contributed by atoms with Crippen molar-refractivity contribution >= 4 is 17.8 Å². The first-order valence-corrected chi connectivity index (χ1v) is 8.43. The molecule has 145 valence electrons. The van der Waals surface area contributed by atoms with E-state index in [4.69, 9.17) is 15.9 Å². The average Bonchev–Trinajstić information content (AvgIpc) is 2.84. The Balaban J connectivity index is 0.000000310. The number of allylic oxidation sites excluding steroid dienone is 4. The van der Waals surface area contributed by atoms with Crippen LogP contribution in [0.3, 0.4) is 0 Å². The number of nitrogens with zero attached hydrogens (tertiary/aromatic N) is 1. The van der Waals surface area contributed by atoms with E-state index in [1.54, 1.807) is 30.3 Å². The molecule has 1 aliphatic rings. The van der Waals surface area contributed by atoms with Crippen LogP contribution in [0.15, 0.2) is 78.5 Å². The molecule has 0 spiro atoms. The van der Waals surface area contributed by atoms with E-state index in [2.05, 4.69) is 56.1 Å². The molecular weight excluding hydrogens is 386 g/mol. The van der Waals surface area contributed by atoms with Gasteiger partial charge in [0.15, 0.2) is 0 Å². The first kappa shape index (κ1) is 22.4. The van der Waals surface area contributed by atoms with Gasteiger partial charge < -0.3 is 15.4 Å². The fourth-order valence-electron chi connectivity index (χ4n) is 3.10. The Kier molecular flexibility index (Phi) is 8.23. The predicted molar refractivity (Wildman–Crippen MR) is 110 cm³/mol. The standard InChI is InChI=1S/C15H18N2.C7H7NO.Cu/c1-15(2)12-8-4-5-9-13(12)17(3)14(15)10-6-7-11-16;8-7(9)6-4-2-1-3-5-6;/h4-11,16H,1-3H3;1-5H,(H2,8,9);/b7-6+,14-10-,16-11?;;. The Bertz CT molecular complexity index is 842. The van der Waals surface area contributed by atoms with E-state index in [-0.39, 0.29) is 28.4 Å². The summed E-state index contributed by atoms with van der Waals surface area (Å²) in [7, 11) is 2.09. The monoisotopic (exact) mass is 410 g/mol. The molecule has 0 atom stereocenters. The molecule has 1 heterocycles. The predicted octanol–water partition coefficient (Wildman–Crippen LogP) is 5.07. The number of rotatable bonds is 3.